The Kier molecular flexibility index (Phi) is 4.57. The third-order valence-corrected chi connectivity index (χ3v) is 6.23. The highest BCUT2D eigenvalue weighted by Crippen LogP contribution is 2.37. The van der Waals surface area contributed by atoms with E-state index < -0.39 is 5.60 Å². The maximum atomic E-state index is 9.67. The minimum absolute atomic E-state index is 0.0667. The van der Waals surface area contributed by atoms with Gasteiger partial charge in [-0.25, -0.2) is 0 Å². The number of aromatic nitrogens is 1. The summed E-state index contributed by atoms with van der Waals surface area (Å²) in [6, 6.07) is 29.1. The molecular weight excluding hydrogens is 409 g/mol. The van der Waals surface area contributed by atoms with Crippen LogP contribution in [0.25, 0.3) is 49.4 Å². The number of hydrogen-bond donors (Lipinski definition) is 1. The maximum absolute atomic E-state index is 9.67. The van der Waals surface area contributed by atoms with Crippen LogP contribution in [0.1, 0.15) is 13.8 Å². The van der Waals surface area contributed by atoms with E-state index >= 15 is 0 Å². The number of aliphatic hydroxyl groups excluding tert-OH is 1. The van der Waals surface area contributed by atoms with Gasteiger partial charge in [-0.05, 0) is 43.6 Å². The Labute approximate surface area is 192 Å². The first-order valence-corrected chi connectivity index (χ1v) is 11.1. The first-order valence-electron chi connectivity index (χ1n) is 11.1. The average Bonchev–Trinajstić information content (AvgIpc) is 3.39. The van der Waals surface area contributed by atoms with Crippen molar-refractivity contribution >= 4 is 56.7 Å². The zero-order valence-corrected chi connectivity index (χ0v) is 18.6. The Morgan fingerprint density at radius 2 is 1.52 bits per heavy atom. The molecule has 0 saturated heterocycles. The summed E-state index contributed by atoms with van der Waals surface area (Å²) >= 11 is 0. The second kappa shape index (κ2) is 7.51. The van der Waals surface area contributed by atoms with Gasteiger partial charge in [-0.15, -0.1) is 0 Å². The lowest BCUT2D eigenvalue weighted by Crippen LogP contribution is -2.35. The lowest BCUT2D eigenvalue weighted by molar-refractivity contribution is 0.0463. The first-order chi connectivity index (χ1) is 16.1. The zero-order valence-electron chi connectivity index (χ0n) is 18.6. The summed E-state index contributed by atoms with van der Waals surface area (Å²) in [6.07, 6.45) is 0. The zero-order chi connectivity index (χ0) is 22.6. The summed E-state index contributed by atoms with van der Waals surface area (Å²) in [4.78, 5) is 0. The summed E-state index contributed by atoms with van der Waals surface area (Å²) in [7, 11) is 1.77. The first kappa shape index (κ1) is 20.1. The van der Waals surface area contributed by atoms with E-state index in [2.05, 4.69) is 53.1 Å². The third kappa shape index (κ3) is 3.16. The van der Waals surface area contributed by atoms with Gasteiger partial charge < -0.3 is 18.7 Å². The number of hydrogen-bond acceptors (Lipinski definition) is 3. The number of rotatable bonds is 5. The van der Waals surface area contributed by atoms with Crippen molar-refractivity contribution in [3.05, 3.63) is 84.9 Å². The Morgan fingerprint density at radius 3 is 2.36 bits per heavy atom. The van der Waals surface area contributed by atoms with Crippen molar-refractivity contribution in [3.8, 4) is 5.69 Å². The fraction of sp³-hybridized carbons (Fsp3) is 0.143. The fourth-order valence-corrected chi connectivity index (χ4v) is 4.59. The van der Waals surface area contributed by atoms with E-state index in [4.69, 9.17) is 9.07 Å². The molecule has 1 radical (unpaired) electrons. The van der Waals surface area contributed by atoms with Crippen LogP contribution in [-0.2, 0) is 4.65 Å². The summed E-state index contributed by atoms with van der Waals surface area (Å²) in [6.45, 7) is 3.68. The maximum Gasteiger partial charge on any atom is 0.333 e. The van der Waals surface area contributed by atoms with E-state index in [1.54, 1.807) is 7.48 Å². The summed E-state index contributed by atoms with van der Waals surface area (Å²) in [5, 5.41) is 14.2. The van der Waals surface area contributed by atoms with Crippen molar-refractivity contribution in [2.75, 3.05) is 6.61 Å². The Balaban J connectivity index is 1.71. The van der Waals surface area contributed by atoms with E-state index in [1.165, 1.54) is 5.39 Å². The predicted octanol–water partition coefficient (Wildman–Crippen LogP) is 5.72. The Bertz CT molecular complexity index is 1640. The molecule has 0 aliphatic heterocycles. The molecule has 0 aliphatic carbocycles. The van der Waals surface area contributed by atoms with E-state index in [-0.39, 0.29) is 6.61 Å². The number of fused-ring (bicyclic) bond motifs is 6. The molecule has 5 heteroatoms. The van der Waals surface area contributed by atoms with Crippen molar-refractivity contribution < 1.29 is 14.2 Å². The lowest BCUT2D eigenvalue weighted by atomic mass is 9.84. The molecule has 6 aromatic rings. The van der Waals surface area contributed by atoms with Gasteiger partial charge in [0.1, 0.15) is 11.2 Å². The summed E-state index contributed by atoms with van der Waals surface area (Å²) in [5.41, 5.74) is 5.26. The van der Waals surface area contributed by atoms with Gasteiger partial charge >= 0.3 is 7.48 Å². The molecule has 4 nitrogen and oxygen atoms in total. The SMILES string of the molecule is CC(C)(CO)O[B]c1cccc2c3ccccc3n(-c3cccc4oc5ccccc5c34)c12. The molecule has 0 fully saturated rings. The van der Waals surface area contributed by atoms with Crippen LogP contribution in [-0.4, -0.2) is 29.4 Å². The Morgan fingerprint density at radius 1 is 0.818 bits per heavy atom. The van der Waals surface area contributed by atoms with Gasteiger partial charge in [-0.2, -0.15) is 0 Å². The van der Waals surface area contributed by atoms with E-state index in [9.17, 15) is 5.11 Å². The third-order valence-electron chi connectivity index (χ3n) is 6.23. The minimum atomic E-state index is -0.667. The molecule has 0 saturated carbocycles. The van der Waals surface area contributed by atoms with Gasteiger partial charge in [-0.3, -0.25) is 0 Å². The quantitative estimate of drug-likeness (QED) is 0.355. The van der Waals surface area contributed by atoms with E-state index in [1.807, 2.05) is 50.2 Å². The lowest BCUT2D eigenvalue weighted by Gasteiger charge is -2.23. The van der Waals surface area contributed by atoms with E-state index in [0.717, 1.165) is 49.5 Å². The summed E-state index contributed by atoms with van der Waals surface area (Å²) in [5.74, 6) is 0. The monoisotopic (exact) mass is 432 g/mol. The van der Waals surface area contributed by atoms with Gasteiger partial charge in [0.25, 0.3) is 0 Å². The molecule has 2 heterocycles. The van der Waals surface area contributed by atoms with Crippen molar-refractivity contribution in [1.82, 2.24) is 4.57 Å². The van der Waals surface area contributed by atoms with Gasteiger partial charge in [0, 0.05) is 16.2 Å². The number of nitrogens with zero attached hydrogens (tertiary/aromatic N) is 1. The predicted molar refractivity (Wildman–Crippen MR) is 136 cm³/mol. The standard InChI is InChI=1S/C28H23BNO3/c1-28(2,17-31)33-29-21-12-7-11-19-18-9-3-5-13-22(18)30(27(19)21)23-14-8-16-25-26(23)20-10-4-6-15-24(20)32-25/h3-16,31H,17H2,1-2H3. The van der Waals surface area contributed by atoms with Gasteiger partial charge in [0.15, 0.2) is 0 Å². The Hall–Kier alpha value is -3.54. The number of aliphatic hydroxyl groups is 1. The van der Waals surface area contributed by atoms with Crippen LogP contribution < -0.4 is 5.46 Å². The second-order valence-electron chi connectivity index (χ2n) is 9.00. The topological polar surface area (TPSA) is 47.5 Å². The highest BCUT2D eigenvalue weighted by Gasteiger charge is 2.22. The molecule has 33 heavy (non-hydrogen) atoms. The fourth-order valence-electron chi connectivity index (χ4n) is 4.59. The highest BCUT2D eigenvalue weighted by atomic mass is 16.5. The van der Waals surface area contributed by atoms with Crippen LogP contribution in [0.4, 0.5) is 0 Å². The molecule has 1 N–H and O–H groups in total. The largest absolute Gasteiger partial charge is 0.456 e. The number of furan rings is 1. The van der Waals surface area contributed by atoms with Crippen LogP contribution in [0, 0.1) is 0 Å². The van der Waals surface area contributed by atoms with Crippen LogP contribution in [0.15, 0.2) is 89.3 Å². The molecule has 0 spiro atoms. The second-order valence-corrected chi connectivity index (χ2v) is 9.00. The minimum Gasteiger partial charge on any atom is -0.456 e. The molecular formula is C28H23BNO3. The van der Waals surface area contributed by atoms with Crippen LogP contribution >= 0.6 is 0 Å². The molecule has 2 aromatic heterocycles. The molecule has 0 bridgehead atoms. The normalized spacial score (nSPS) is 12.3. The van der Waals surface area contributed by atoms with Crippen LogP contribution in [0.5, 0.6) is 0 Å². The van der Waals surface area contributed by atoms with Crippen LogP contribution in [0.2, 0.25) is 0 Å². The van der Waals surface area contributed by atoms with E-state index in [0.29, 0.717) is 0 Å². The van der Waals surface area contributed by atoms with Gasteiger partial charge in [-0.1, -0.05) is 60.7 Å². The molecule has 0 unspecified atom stereocenters. The van der Waals surface area contributed by atoms with Crippen molar-refractivity contribution in [2.24, 2.45) is 0 Å². The van der Waals surface area contributed by atoms with Crippen molar-refractivity contribution in [2.45, 2.75) is 19.4 Å². The highest BCUT2D eigenvalue weighted by molar-refractivity contribution is 6.52. The van der Waals surface area contributed by atoms with Crippen molar-refractivity contribution in [1.29, 1.82) is 0 Å². The molecule has 161 valence electrons. The smallest absolute Gasteiger partial charge is 0.333 e. The molecule has 0 atom stereocenters. The number of benzene rings is 4. The molecule has 6 rings (SSSR count). The average molecular weight is 432 g/mol. The van der Waals surface area contributed by atoms with Crippen molar-refractivity contribution in [3.63, 3.8) is 0 Å². The molecule has 0 amide bonds. The van der Waals surface area contributed by atoms with Gasteiger partial charge in [0.05, 0.1) is 34.3 Å². The van der Waals surface area contributed by atoms with Crippen LogP contribution in [0.3, 0.4) is 0 Å². The number of para-hydroxylation sites is 3. The van der Waals surface area contributed by atoms with Gasteiger partial charge in [0.2, 0.25) is 0 Å². The molecule has 0 aliphatic rings. The summed E-state index contributed by atoms with van der Waals surface area (Å²) < 4.78 is 14.5. The molecule has 4 aromatic carbocycles.